The third kappa shape index (κ3) is 4.06. The van der Waals surface area contributed by atoms with Gasteiger partial charge in [-0.15, -0.1) is 0 Å². The molecule has 0 saturated carbocycles. The van der Waals surface area contributed by atoms with Crippen molar-refractivity contribution in [2.45, 2.75) is 26.3 Å². The van der Waals surface area contributed by atoms with E-state index in [0.29, 0.717) is 0 Å². The molecule has 0 aliphatic carbocycles. The van der Waals surface area contributed by atoms with Crippen molar-refractivity contribution in [2.24, 2.45) is 5.73 Å². The number of benzene rings is 1. The van der Waals surface area contributed by atoms with Crippen molar-refractivity contribution in [3.8, 4) is 5.75 Å². The lowest BCUT2D eigenvalue weighted by Gasteiger charge is -2.14. The van der Waals surface area contributed by atoms with Crippen molar-refractivity contribution in [1.82, 2.24) is 0 Å². The first-order chi connectivity index (χ1) is 7.65. The molecule has 0 aromatic heterocycles. The normalized spacial score (nSPS) is 12.5. The third-order valence-electron chi connectivity index (χ3n) is 2.41. The lowest BCUT2D eigenvalue weighted by Crippen LogP contribution is -2.09. The average Bonchev–Trinajstić information content (AvgIpc) is 2.26. The summed E-state index contributed by atoms with van der Waals surface area (Å²) in [6.45, 7) is 4.83. The van der Waals surface area contributed by atoms with Crippen LogP contribution in [0, 0.1) is 6.92 Å². The molecule has 0 saturated heterocycles. The minimum Gasteiger partial charge on any atom is -0.493 e. The van der Waals surface area contributed by atoms with E-state index in [9.17, 15) is 0 Å². The molecule has 3 heteroatoms. The zero-order valence-electron chi connectivity index (χ0n) is 10.3. The summed E-state index contributed by atoms with van der Waals surface area (Å²) in [5, 5.41) is 0. The second-order valence-electron chi connectivity index (χ2n) is 4.02. The van der Waals surface area contributed by atoms with E-state index in [4.69, 9.17) is 10.5 Å². The van der Waals surface area contributed by atoms with Crippen molar-refractivity contribution >= 4 is 11.8 Å². The Morgan fingerprint density at radius 1 is 1.44 bits per heavy atom. The Bertz CT molecular complexity index is 326. The summed E-state index contributed by atoms with van der Waals surface area (Å²) in [7, 11) is 0. The zero-order valence-corrected chi connectivity index (χ0v) is 11.1. The van der Waals surface area contributed by atoms with E-state index in [1.165, 1.54) is 5.56 Å². The number of nitrogens with two attached hydrogens (primary N) is 1. The summed E-state index contributed by atoms with van der Waals surface area (Å²) in [6, 6.07) is 6.22. The number of thioether (sulfide) groups is 1. The number of aryl methyl sites for hydroxylation is 1. The zero-order chi connectivity index (χ0) is 12.0. The Balaban J connectivity index is 2.64. The maximum atomic E-state index is 5.93. The molecular formula is C13H21NOS. The lowest BCUT2D eigenvalue weighted by molar-refractivity contribution is 0.314. The van der Waals surface area contributed by atoms with Gasteiger partial charge >= 0.3 is 0 Å². The molecule has 0 aliphatic heterocycles. The van der Waals surface area contributed by atoms with E-state index in [-0.39, 0.29) is 6.04 Å². The number of hydrogen-bond acceptors (Lipinski definition) is 3. The molecule has 90 valence electrons. The highest BCUT2D eigenvalue weighted by Gasteiger charge is 2.07. The fourth-order valence-electron chi connectivity index (χ4n) is 1.54. The smallest absolute Gasteiger partial charge is 0.124 e. The second-order valence-corrected chi connectivity index (χ2v) is 5.01. The van der Waals surface area contributed by atoms with Gasteiger partial charge in [-0.05, 0) is 38.3 Å². The molecule has 0 aliphatic rings. The Kier molecular flexibility index (Phi) is 5.71. The van der Waals surface area contributed by atoms with Crippen LogP contribution in [0.2, 0.25) is 0 Å². The van der Waals surface area contributed by atoms with Crippen molar-refractivity contribution in [1.29, 1.82) is 0 Å². The van der Waals surface area contributed by atoms with Crippen LogP contribution >= 0.6 is 11.8 Å². The third-order valence-corrected chi connectivity index (χ3v) is 3.10. The van der Waals surface area contributed by atoms with E-state index in [1.54, 1.807) is 0 Å². The van der Waals surface area contributed by atoms with E-state index in [2.05, 4.69) is 25.3 Å². The predicted molar refractivity (Wildman–Crippen MR) is 72.3 cm³/mol. The van der Waals surface area contributed by atoms with Gasteiger partial charge in [-0.1, -0.05) is 17.7 Å². The summed E-state index contributed by atoms with van der Waals surface area (Å²) in [4.78, 5) is 0. The average molecular weight is 239 g/mol. The molecule has 2 nitrogen and oxygen atoms in total. The van der Waals surface area contributed by atoms with Gasteiger partial charge in [0.05, 0.1) is 6.61 Å². The van der Waals surface area contributed by atoms with Gasteiger partial charge in [-0.25, -0.2) is 0 Å². The first kappa shape index (κ1) is 13.4. The molecule has 1 atom stereocenters. The molecule has 1 rings (SSSR count). The van der Waals surface area contributed by atoms with Gasteiger partial charge in [-0.3, -0.25) is 0 Å². The van der Waals surface area contributed by atoms with Gasteiger partial charge in [0.15, 0.2) is 0 Å². The lowest BCUT2D eigenvalue weighted by atomic mass is 10.1. The van der Waals surface area contributed by atoms with E-state index in [1.807, 2.05) is 24.8 Å². The molecule has 16 heavy (non-hydrogen) atoms. The fourth-order valence-corrected chi connectivity index (χ4v) is 1.95. The molecule has 0 heterocycles. The van der Waals surface area contributed by atoms with Crippen LogP contribution in [0.5, 0.6) is 5.75 Å². The predicted octanol–water partition coefficient (Wildman–Crippen LogP) is 3.15. The maximum absolute atomic E-state index is 5.93. The SMILES string of the molecule is CSCCCOc1ccc(C)cc1C(C)N. The van der Waals surface area contributed by atoms with Crippen LogP contribution in [-0.2, 0) is 0 Å². The summed E-state index contributed by atoms with van der Waals surface area (Å²) < 4.78 is 5.76. The standard InChI is InChI=1S/C13H21NOS/c1-10-5-6-13(12(9-10)11(2)14)15-7-4-8-16-3/h5-6,9,11H,4,7-8,14H2,1-3H3. The minimum atomic E-state index is 0.0236. The van der Waals surface area contributed by atoms with Crippen molar-refractivity contribution in [2.75, 3.05) is 18.6 Å². The molecule has 1 unspecified atom stereocenters. The van der Waals surface area contributed by atoms with Gasteiger partial charge in [0, 0.05) is 11.6 Å². The molecule has 2 N–H and O–H groups in total. The van der Waals surface area contributed by atoms with Crippen molar-refractivity contribution in [3.05, 3.63) is 29.3 Å². The molecule has 0 fully saturated rings. The fraction of sp³-hybridized carbons (Fsp3) is 0.538. The monoisotopic (exact) mass is 239 g/mol. The Morgan fingerprint density at radius 3 is 2.81 bits per heavy atom. The van der Waals surface area contributed by atoms with Crippen LogP contribution in [0.25, 0.3) is 0 Å². The summed E-state index contributed by atoms with van der Waals surface area (Å²) >= 11 is 1.85. The van der Waals surface area contributed by atoms with Crippen molar-refractivity contribution < 1.29 is 4.74 Å². The second kappa shape index (κ2) is 6.81. The number of hydrogen-bond donors (Lipinski definition) is 1. The molecule has 0 radical (unpaired) electrons. The number of rotatable bonds is 6. The van der Waals surface area contributed by atoms with E-state index in [0.717, 1.165) is 30.1 Å². The van der Waals surface area contributed by atoms with E-state index >= 15 is 0 Å². The minimum absolute atomic E-state index is 0.0236. The summed E-state index contributed by atoms with van der Waals surface area (Å²) in [5.41, 5.74) is 8.26. The van der Waals surface area contributed by atoms with Crippen LogP contribution in [0.3, 0.4) is 0 Å². The van der Waals surface area contributed by atoms with Gasteiger partial charge in [0.1, 0.15) is 5.75 Å². The van der Waals surface area contributed by atoms with Crippen LogP contribution < -0.4 is 10.5 Å². The first-order valence-electron chi connectivity index (χ1n) is 5.63. The highest BCUT2D eigenvalue weighted by Crippen LogP contribution is 2.25. The first-order valence-corrected chi connectivity index (χ1v) is 7.02. The highest BCUT2D eigenvalue weighted by atomic mass is 32.2. The number of ether oxygens (including phenoxy) is 1. The Hall–Kier alpha value is -0.670. The molecule has 0 amide bonds. The van der Waals surface area contributed by atoms with Gasteiger partial charge in [0.2, 0.25) is 0 Å². The van der Waals surface area contributed by atoms with Gasteiger partial charge in [-0.2, -0.15) is 11.8 Å². The van der Waals surface area contributed by atoms with Crippen LogP contribution in [0.15, 0.2) is 18.2 Å². The van der Waals surface area contributed by atoms with Crippen LogP contribution in [0.1, 0.15) is 30.5 Å². The molecule has 1 aromatic carbocycles. The summed E-state index contributed by atoms with van der Waals surface area (Å²) in [6.07, 6.45) is 3.19. The Labute approximate surface area is 103 Å². The molecule has 1 aromatic rings. The van der Waals surface area contributed by atoms with Gasteiger partial charge < -0.3 is 10.5 Å². The topological polar surface area (TPSA) is 35.2 Å². The van der Waals surface area contributed by atoms with Gasteiger partial charge in [0.25, 0.3) is 0 Å². The summed E-state index contributed by atoms with van der Waals surface area (Å²) in [5.74, 6) is 2.07. The molecule has 0 bridgehead atoms. The maximum Gasteiger partial charge on any atom is 0.124 e. The van der Waals surface area contributed by atoms with Crippen LogP contribution in [-0.4, -0.2) is 18.6 Å². The van der Waals surface area contributed by atoms with Crippen molar-refractivity contribution in [3.63, 3.8) is 0 Å². The molecular weight excluding hydrogens is 218 g/mol. The molecule has 0 spiro atoms. The Morgan fingerprint density at radius 2 is 2.19 bits per heavy atom. The van der Waals surface area contributed by atoms with Crippen LogP contribution in [0.4, 0.5) is 0 Å². The highest BCUT2D eigenvalue weighted by molar-refractivity contribution is 7.98. The van der Waals surface area contributed by atoms with E-state index < -0.39 is 0 Å². The quantitative estimate of drug-likeness (QED) is 0.775. The largest absolute Gasteiger partial charge is 0.493 e.